The lowest BCUT2D eigenvalue weighted by molar-refractivity contribution is 0.469. The Morgan fingerprint density at radius 2 is 1.69 bits per heavy atom. The number of fused-ring (bicyclic) bond motifs is 2. The summed E-state index contributed by atoms with van der Waals surface area (Å²) in [7, 11) is 0. The lowest BCUT2D eigenvalue weighted by Gasteiger charge is -2.20. The smallest absolute Gasteiger partial charge is 0.247 e. The third kappa shape index (κ3) is 4.88. The largest absolute Gasteiger partial charge is 0.328 e. The van der Waals surface area contributed by atoms with E-state index in [0.717, 1.165) is 40.8 Å². The second-order valence-corrected chi connectivity index (χ2v) is 9.90. The van der Waals surface area contributed by atoms with Gasteiger partial charge in [-0.25, -0.2) is 9.97 Å². The number of pyridine rings is 1. The van der Waals surface area contributed by atoms with E-state index in [1.165, 1.54) is 16.8 Å². The van der Waals surface area contributed by atoms with Crippen molar-refractivity contribution in [3.63, 3.8) is 0 Å². The average molecular weight is 427 g/mol. The van der Waals surface area contributed by atoms with Crippen LogP contribution in [0.4, 0.5) is 11.5 Å². The summed E-state index contributed by atoms with van der Waals surface area (Å²) in [6, 6.07) is 16.1. The first-order valence-electron chi connectivity index (χ1n) is 11.0. The van der Waals surface area contributed by atoms with Crippen LogP contribution in [0.2, 0.25) is 0 Å². The fourth-order valence-corrected chi connectivity index (χ4v) is 3.74. The maximum Gasteiger partial charge on any atom is 0.247 e. The molecule has 164 valence electrons. The van der Waals surface area contributed by atoms with Gasteiger partial charge in [0.2, 0.25) is 5.56 Å². The quantitative estimate of drug-likeness (QED) is 0.424. The summed E-state index contributed by atoms with van der Waals surface area (Å²) in [5.74, 6) is 0.927. The molecule has 1 aliphatic rings. The summed E-state index contributed by atoms with van der Waals surface area (Å²) in [6.07, 6.45) is 4.38. The van der Waals surface area contributed by atoms with Gasteiger partial charge in [0, 0.05) is 29.9 Å². The zero-order chi connectivity index (χ0) is 22.9. The van der Waals surface area contributed by atoms with E-state index in [9.17, 15) is 4.79 Å². The van der Waals surface area contributed by atoms with Gasteiger partial charge in [-0.05, 0) is 65.3 Å². The van der Waals surface area contributed by atoms with Crippen LogP contribution in [0.3, 0.4) is 0 Å². The van der Waals surface area contributed by atoms with Gasteiger partial charge in [-0.3, -0.25) is 4.79 Å². The van der Waals surface area contributed by atoms with Gasteiger partial charge < -0.3 is 9.88 Å². The molecule has 5 nitrogen and oxygen atoms in total. The predicted molar refractivity (Wildman–Crippen MR) is 133 cm³/mol. The fourth-order valence-electron chi connectivity index (χ4n) is 3.74. The third-order valence-corrected chi connectivity index (χ3v) is 5.12. The van der Waals surface area contributed by atoms with Crippen molar-refractivity contribution in [3.05, 3.63) is 82.5 Å². The number of hydrogen-bond acceptors (Lipinski definition) is 4. The van der Waals surface area contributed by atoms with E-state index in [-0.39, 0.29) is 5.56 Å². The van der Waals surface area contributed by atoms with Crippen LogP contribution in [0.5, 0.6) is 0 Å². The molecular formula is C27H30N4O. The summed E-state index contributed by atoms with van der Waals surface area (Å²) in [6.45, 7) is 11.8. The van der Waals surface area contributed by atoms with Crippen molar-refractivity contribution >= 4 is 22.4 Å². The van der Waals surface area contributed by atoms with Crippen LogP contribution in [0.1, 0.15) is 38.8 Å². The Morgan fingerprint density at radius 3 is 2.41 bits per heavy atom. The zero-order valence-electron chi connectivity index (χ0n) is 19.4. The van der Waals surface area contributed by atoms with Crippen molar-refractivity contribution in [2.75, 3.05) is 11.4 Å². The fraction of sp³-hybridized carbons (Fsp3) is 0.296. The standard InChI is InChI=1S/C22H18N4O.C5H12/c1-14-2-3-15-8-9-26(20(15)10-14)22-18-11-16(4-6-19(18)24-13-25-22)17-5-7-21(27)23-12-17;1-5(2,3)4/h2-7,10-13H,8-9H2,1H3,(H,23,27);1-4H3. The first-order chi connectivity index (χ1) is 15.2. The molecule has 5 heteroatoms. The van der Waals surface area contributed by atoms with E-state index >= 15 is 0 Å². The van der Waals surface area contributed by atoms with Gasteiger partial charge in [-0.2, -0.15) is 0 Å². The SMILES string of the molecule is CC(C)(C)C.Cc1ccc2c(c1)N(c1ncnc3ccc(-c4ccc(=O)[nH]c4)cc13)CC2. The molecule has 0 amide bonds. The Balaban J connectivity index is 0.000000444. The second kappa shape index (κ2) is 8.58. The van der Waals surface area contributed by atoms with Gasteiger partial charge in [0.05, 0.1) is 5.52 Å². The van der Waals surface area contributed by atoms with Crippen LogP contribution in [-0.2, 0) is 6.42 Å². The number of aromatic nitrogens is 3. The molecule has 0 spiro atoms. The Hall–Kier alpha value is -3.47. The minimum absolute atomic E-state index is 0.104. The summed E-state index contributed by atoms with van der Waals surface area (Å²) in [4.78, 5) is 25.4. The van der Waals surface area contributed by atoms with E-state index in [4.69, 9.17) is 0 Å². The number of aromatic amines is 1. The zero-order valence-corrected chi connectivity index (χ0v) is 19.4. The highest BCUT2D eigenvalue weighted by Gasteiger charge is 2.23. The number of benzene rings is 2. The van der Waals surface area contributed by atoms with Crippen LogP contribution in [0.15, 0.2) is 65.8 Å². The van der Waals surface area contributed by atoms with Gasteiger partial charge in [-0.1, -0.05) is 45.9 Å². The molecule has 0 saturated carbocycles. The minimum Gasteiger partial charge on any atom is -0.328 e. The van der Waals surface area contributed by atoms with Gasteiger partial charge >= 0.3 is 0 Å². The molecule has 0 bridgehead atoms. The van der Waals surface area contributed by atoms with E-state index in [0.29, 0.717) is 5.41 Å². The second-order valence-electron chi connectivity index (χ2n) is 9.90. The molecule has 1 N–H and O–H groups in total. The van der Waals surface area contributed by atoms with E-state index in [1.807, 2.05) is 18.2 Å². The molecule has 0 radical (unpaired) electrons. The van der Waals surface area contributed by atoms with Crippen LogP contribution < -0.4 is 10.5 Å². The molecule has 5 rings (SSSR count). The lowest BCUT2D eigenvalue weighted by Crippen LogP contribution is -2.15. The number of aryl methyl sites for hydroxylation is 1. The Kier molecular flexibility index (Phi) is 5.83. The van der Waals surface area contributed by atoms with Crippen LogP contribution >= 0.6 is 0 Å². The van der Waals surface area contributed by atoms with Crippen LogP contribution in [0, 0.1) is 12.3 Å². The molecule has 2 aromatic carbocycles. The molecule has 1 aliphatic heterocycles. The molecule has 2 aromatic heterocycles. The number of nitrogens with one attached hydrogen (secondary N) is 1. The molecule has 0 fully saturated rings. The Bertz CT molecular complexity index is 1290. The molecule has 3 heterocycles. The van der Waals surface area contributed by atoms with Gasteiger partial charge in [-0.15, -0.1) is 0 Å². The topological polar surface area (TPSA) is 61.9 Å². The molecular weight excluding hydrogens is 396 g/mol. The molecule has 0 unspecified atom stereocenters. The Labute approximate surface area is 189 Å². The van der Waals surface area contributed by atoms with Gasteiger partial charge in [0.15, 0.2) is 0 Å². The molecule has 0 aliphatic carbocycles. The minimum atomic E-state index is -0.104. The van der Waals surface area contributed by atoms with Gasteiger partial charge in [0.25, 0.3) is 0 Å². The summed E-state index contributed by atoms with van der Waals surface area (Å²) >= 11 is 0. The van der Waals surface area contributed by atoms with Crippen molar-refractivity contribution in [2.45, 2.75) is 41.0 Å². The van der Waals surface area contributed by atoms with E-state index < -0.39 is 0 Å². The predicted octanol–water partition coefficient (Wildman–Crippen LogP) is 6.04. The maximum absolute atomic E-state index is 11.4. The lowest BCUT2D eigenvalue weighted by atomic mass is 10.0. The maximum atomic E-state index is 11.4. The molecule has 4 aromatic rings. The molecule has 0 saturated heterocycles. The van der Waals surface area contributed by atoms with Crippen molar-refractivity contribution in [2.24, 2.45) is 5.41 Å². The Morgan fingerprint density at radius 1 is 0.938 bits per heavy atom. The monoisotopic (exact) mass is 426 g/mol. The highest BCUT2D eigenvalue weighted by molar-refractivity contribution is 5.95. The normalized spacial score (nSPS) is 13.0. The van der Waals surface area contributed by atoms with E-state index in [1.54, 1.807) is 18.6 Å². The molecule has 32 heavy (non-hydrogen) atoms. The first kappa shape index (κ1) is 21.8. The van der Waals surface area contributed by atoms with Crippen molar-refractivity contribution in [3.8, 4) is 11.1 Å². The number of anilines is 2. The first-order valence-corrected chi connectivity index (χ1v) is 11.0. The van der Waals surface area contributed by atoms with Crippen LogP contribution in [0.25, 0.3) is 22.0 Å². The average Bonchev–Trinajstić information content (AvgIpc) is 3.15. The summed E-state index contributed by atoms with van der Waals surface area (Å²) < 4.78 is 0. The summed E-state index contributed by atoms with van der Waals surface area (Å²) in [5, 5.41) is 1.01. The highest BCUT2D eigenvalue weighted by Crippen LogP contribution is 2.37. The number of hydrogen-bond donors (Lipinski definition) is 1. The van der Waals surface area contributed by atoms with Crippen molar-refractivity contribution in [1.82, 2.24) is 15.0 Å². The number of nitrogens with zero attached hydrogens (tertiary/aromatic N) is 3. The summed E-state index contributed by atoms with van der Waals surface area (Å²) in [5.41, 5.74) is 7.12. The van der Waals surface area contributed by atoms with Crippen LogP contribution in [-0.4, -0.2) is 21.5 Å². The number of H-pyrrole nitrogens is 1. The van der Waals surface area contributed by atoms with Crippen molar-refractivity contribution < 1.29 is 0 Å². The van der Waals surface area contributed by atoms with E-state index in [2.05, 4.69) is 78.7 Å². The highest BCUT2D eigenvalue weighted by atomic mass is 16.1. The molecule has 0 atom stereocenters. The van der Waals surface area contributed by atoms with Gasteiger partial charge in [0.1, 0.15) is 12.1 Å². The number of rotatable bonds is 2. The third-order valence-electron chi connectivity index (χ3n) is 5.12. The van der Waals surface area contributed by atoms with Crippen molar-refractivity contribution in [1.29, 1.82) is 0 Å².